The summed E-state index contributed by atoms with van der Waals surface area (Å²) in [5, 5.41) is 14.0. The molecular weight excluding hydrogens is 218 g/mol. The molecule has 96 valence electrons. The molecule has 0 bridgehead atoms. The van der Waals surface area contributed by atoms with E-state index in [0.29, 0.717) is 6.42 Å². The predicted octanol–water partition coefficient (Wildman–Crippen LogP) is 0.815. The second-order valence-corrected chi connectivity index (χ2v) is 4.65. The maximum absolute atomic E-state index is 11.7. The summed E-state index contributed by atoms with van der Waals surface area (Å²) in [5.74, 6) is -1.06. The minimum atomic E-state index is -0.670. The van der Waals surface area contributed by atoms with Gasteiger partial charge in [-0.25, -0.2) is 0 Å². The molecule has 0 fully saturated rings. The summed E-state index contributed by atoms with van der Waals surface area (Å²) in [7, 11) is 1.56. The lowest BCUT2D eigenvalue weighted by Gasteiger charge is -2.23. The van der Waals surface area contributed by atoms with Gasteiger partial charge in [0.1, 0.15) is 5.92 Å². The molecule has 0 aliphatic carbocycles. The van der Waals surface area contributed by atoms with Gasteiger partial charge in [0, 0.05) is 13.6 Å². The third-order valence-corrected chi connectivity index (χ3v) is 2.60. The van der Waals surface area contributed by atoms with Crippen molar-refractivity contribution in [2.24, 2.45) is 11.3 Å². The highest BCUT2D eigenvalue weighted by Crippen LogP contribution is 2.14. The van der Waals surface area contributed by atoms with Crippen molar-refractivity contribution in [2.75, 3.05) is 13.6 Å². The van der Waals surface area contributed by atoms with Crippen LogP contribution in [-0.2, 0) is 9.59 Å². The van der Waals surface area contributed by atoms with Crippen LogP contribution in [0.5, 0.6) is 0 Å². The average molecular weight is 239 g/mol. The summed E-state index contributed by atoms with van der Waals surface area (Å²) in [6.07, 6.45) is 1.33. The van der Waals surface area contributed by atoms with Crippen molar-refractivity contribution in [3.8, 4) is 6.07 Å². The summed E-state index contributed by atoms with van der Waals surface area (Å²) >= 11 is 0. The number of amides is 2. The lowest BCUT2D eigenvalue weighted by Crippen LogP contribution is -2.45. The van der Waals surface area contributed by atoms with Gasteiger partial charge in [0.15, 0.2) is 0 Å². The number of hydrogen-bond donors (Lipinski definition) is 2. The molecule has 0 saturated heterocycles. The van der Waals surface area contributed by atoms with E-state index >= 15 is 0 Å². The zero-order chi connectivity index (χ0) is 13.5. The van der Waals surface area contributed by atoms with E-state index in [9.17, 15) is 9.59 Å². The number of nitrogens with zero attached hydrogens (tertiary/aromatic N) is 1. The quantitative estimate of drug-likeness (QED) is 0.719. The van der Waals surface area contributed by atoms with Crippen LogP contribution < -0.4 is 10.6 Å². The zero-order valence-corrected chi connectivity index (χ0v) is 11.0. The van der Waals surface area contributed by atoms with Crippen molar-refractivity contribution >= 4 is 11.8 Å². The number of nitriles is 1. The van der Waals surface area contributed by atoms with Crippen molar-refractivity contribution < 1.29 is 9.59 Å². The van der Waals surface area contributed by atoms with Crippen molar-refractivity contribution in [2.45, 2.75) is 33.6 Å². The Morgan fingerprint density at radius 2 is 2.00 bits per heavy atom. The largest absolute Gasteiger partial charge is 0.359 e. The van der Waals surface area contributed by atoms with Crippen molar-refractivity contribution in [1.82, 2.24) is 10.6 Å². The Labute approximate surface area is 103 Å². The molecule has 0 heterocycles. The normalized spacial score (nSPS) is 12.4. The lowest BCUT2D eigenvalue weighted by atomic mass is 9.92. The highest BCUT2D eigenvalue weighted by molar-refractivity contribution is 5.84. The van der Waals surface area contributed by atoms with Crippen LogP contribution >= 0.6 is 0 Å². The summed E-state index contributed by atoms with van der Waals surface area (Å²) in [6.45, 7) is 5.64. The molecular formula is C12H21N3O2. The SMILES string of the molecule is CCCC(C#N)C(=O)NCC(C)(C)C(=O)NC. The molecule has 0 rings (SSSR count). The number of carbonyl (C=O) groups excluding carboxylic acids is 2. The highest BCUT2D eigenvalue weighted by Gasteiger charge is 2.28. The van der Waals surface area contributed by atoms with E-state index < -0.39 is 11.3 Å². The molecule has 0 aliphatic rings. The second kappa shape index (κ2) is 6.89. The van der Waals surface area contributed by atoms with Gasteiger partial charge in [0.25, 0.3) is 0 Å². The van der Waals surface area contributed by atoms with Crippen molar-refractivity contribution in [1.29, 1.82) is 5.26 Å². The van der Waals surface area contributed by atoms with Gasteiger partial charge in [-0.15, -0.1) is 0 Å². The second-order valence-electron chi connectivity index (χ2n) is 4.65. The van der Waals surface area contributed by atoms with E-state index in [1.165, 1.54) is 0 Å². The van der Waals surface area contributed by atoms with Crippen molar-refractivity contribution in [3.05, 3.63) is 0 Å². The summed E-state index contributed by atoms with van der Waals surface area (Å²) < 4.78 is 0. The first-order valence-electron chi connectivity index (χ1n) is 5.78. The van der Waals surface area contributed by atoms with Gasteiger partial charge in [-0.1, -0.05) is 13.3 Å². The van der Waals surface area contributed by atoms with Gasteiger partial charge in [0.2, 0.25) is 11.8 Å². The van der Waals surface area contributed by atoms with Crippen molar-refractivity contribution in [3.63, 3.8) is 0 Å². The standard InChI is InChI=1S/C12H21N3O2/c1-5-6-9(7-13)10(16)15-8-12(2,3)11(17)14-4/h9H,5-6,8H2,1-4H3,(H,14,17)(H,15,16). The van der Waals surface area contributed by atoms with Crippen LogP contribution in [0.1, 0.15) is 33.6 Å². The molecule has 0 saturated carbocycles. The van der Waals surface area contributed by atoms with Crippen LogP contribution in [-0.4, -0.2) is 25.4 Å². The Hall–Kier alpha value is -1.57. The predicted molar refractivity (Wildman–Crippen MR) is 64.9 cm³/mol. The minimum Gasteiger partial charge on any atom is -0.359 e. The molecule has 5 nitrogen and oxygen atoms in total. The van der Waals surface area contributed by atoms with Crippen LogP contribution in [0.2, 0.25) is 0 Å². The molecule has 5 heteroatoms. The van der Waals surface area contributed by atoms with Gasteiger partial charge in [-0.05, 0) is 20.3 Å². The van der Waals surface area contributed by atoms with Crippen LogP contribution in [0.15, 0.2) is 0 Å². The Bertz CT molecular complexity index is 318. The first-order chi connectivity index (χ1) is 7.88. The van der Waals surface area contributed by atoms with Crippen LogP contribution in [0.4, 0.5) is 0 Å². The highest BCUT2D eigenvalue weighted by atomic mass is 16.2. The van der Waals surface area contributed by atoms with E-state index in [1.54, 1.807) is 20.9 Å². The molecule has 17 heavy (non-hydrogen) atoms. The number of hydrogen-bond acceptors (Lipinski definition) is 3. The first-order valence-corrected chi connectivity index (χ1v) is 5.78. The maximum atomic E-state index is 11.7. The topological polar surface area (TPSA) is 82.0 Å². The van der Waals surface area contributed by atoms with Gasteiger partial charge in [0.05, 0.1) is 11.5 Å². The molecule has 0 aromatic heterocycles. The van der Waals surface area contributed by atoms with Gasteiger partial charge < -0.3 is 10.6 Å². The van der Waals surface area contributed by atoms with Gasteiger partial charge in [-0.2, -0.15) is 5.26 Å². The van der Waals surface area contributed by atoms with E-state index in [4.69, 9.17) is 5.26 Å². The fourth-order valence-corrected chi connectivity index (χ4v) is 1.39. The minimum absolute atomic E-state index is 0.137. The molecule has 0 aliphatic heterocycles. The first kappa shape index (κ1) is 15.4. The van der Waals surface area contributed by atoms with Gasteiger partial charge >= 0.3 is 0 Å². The summed E-state index contributed by atoms with van der Waals surface area (Å²) in [4.78, 5) is 23.1. The molecule has 2 amide bonds. The Balaban J connectivity index is 4.33. The molecule has 1 atom stereocenters. The van der Waals surface area contributed by atoms with Crippen LogP contribution in [0, 0.1) is 22.7 Å². The molecule has 0 aromatic carbocycles. The summed E-state index contributed by atoms with van der Waals surface area (Å²) in [5.41, 5.74) is -0.670. The molecule has 0 spiro atoms. The maximum Gasteiger partial charge on any atom is 0.237 e. The monoisotopic (exact) mass is 239 g/mol. The van der Waals surface area contributed by atoms with Gasteiger partial charge in [-0.3, -0.25) is 9.59 Å². The molecule has 2 N–H and O–H groups in total. The Morgan fingerprint density at radius 3 is 2.41 bits per heavy atom. The number of carbonyl (C=O) groups is 2. The Morgan fingerprint density at radius 1 is 1.41 bits per heavy atom. The van der Waals surface area contributed by atoms with E-state index in [1.807, 2.05) is 13.0 Å². The van der Waals surface area contributed by atoms with Crippen LogP contribution in [0.25, 0.3) is 0 Å². The third kappa shape index (κ3) is 4.85. The van der Waals surface area contributed by atoms with E-state index in [-0.39, 0.29) is 18.4 Å². The Kier molecular flexibility index (Phi) is 6.26. The van der Waals surface area contributed by atoms with Crippen LogP contribution in [0.3, 0.4) is 0 Å². The molecule has 1 unspecified atom stereocenters. The van der Waals surface area contributed by atoms with E-state index in [2.05, 4.69) is 10.6 Å². The molecule has 0 radical (unpaired) electrons. The van der Waals surface area contributed by atoms with E-state index in [0.717, 1.165) is 6.42 Å². The zero-order valence-electron chi connectivity index (χ0n) is 11.0. The number of rotatable bonds is 6. The summed E-state index contributed by atoms with van der Waals surface area (Å²) in [6, 6.07) is 1.97. The smallest absolute Gasteiger partial charge is 0.237 e. The lowest BCUT2D eigenvalue weighted by molar-refractivity contribution is -0.129. The molecule has 0 aromatic rings. The fraction of sp³-hybridized carbons (Fsp3) is 0.750. The third-order valence-electron chi connectivity index (χ3n) is 2.60. The number of nitrogens with one attached hydrogen (secondary N) is 2. The fourth-order valence-electron chi connectivity index (χ4n) is 1.39. The average Bonchev–Trinajstić information content (AvgIpc) is 2.31.